The lowest BCUT2D eigenvalue weighted by molar-refractivity contribution is -0.137. The van der Waals surface area contributed by atoms with Gasteiger partial charge < -0.3 is 5.32 Å². The van der Waals surface area contributed by atoms with Crippen molar-refractivity contribution in [2.24, 2.45) is 0 Å². The average Bonchev–Trinajstić information content (AvgIpc) is 2.45. The van der Waals surface area contributed by atoms with Crippen LogP contribution in [0.5, 0.6) is 0 Å². The Morgan fingerprint density at radius 2 is 2.00 bits per heavy atom. The predicted molar refractivity (Wildman–Crippen MR) is 73.7 cm³/mol. The summed E-state index contributed by atoms with van der Waals surface area (Å²) in [6.07, 6.45) is 0.416. The van der Waals surface area contributed by atoms with Crippen LogP contribution in [0.1, 0.15) is 35.3 Å². The standard InChI is InChI=1S/C15H16F3N3/c1-3-20-14(13-9-19-6-7-21-13)12-5-4-11(8-10(12)2)15(16,17)18/h4-9,14,20H,3H2,1-2H3. The van der Waals surface area contributed by atoms with Crippen LogP contribution in [-0.4, -0.2) is 16.5 Å². The average molecular weight is 295 g/mol. The van der Waals surface area contributed by atoms with E-state index in [0.29, 0.717) is 17.8 Å². The van der Waals surface area contributed by atoms with E-state index in [9.17, 15) is 13.2 Å². The normalized spacial score (nSPS) is 13.2. The summed E-state index contributed by atoms with van der Waals surface area (Å²) in [7, 11) is 0. The third kappa shape index (κ3) is 3.58. The maximum absolute atomic E-state index is 12.7. The maximum Gasteiger partial charge on any atom is 0.416 e. The molecule has 1 N–H and O–H groups in total. The first-order valence-electron chi connectivity index (χ1n) is 6.60. The van der Waals surface area contributed by atoms with Crippen LogP contribution in [0.25, 0.3) is 0 Å². The zero-order chi connectivity index (χ0) is 15.5. The van der Waals surface area contributed by atoms with E-state index in [4.69, 9.17) is 0 Å². The molecule has 1 aromatic carbocycles. The lowest BCUT2D eigenvalue weighted by atomic mass is 9.96. The fourth-order valence-corrected chi connectivity index (χ4v) is 2.21. The summed E-state index contributed by atoms with van der Waals surface area (Å²) in [5.41, 5.74) is 1.38. The molecule has 1 unspecified atom stereocenters. The van der Waals surface area contributed by atoms with Crippen LogP contribution < -0.4 is 5.32 Å². The smallest absolute Gasteiger partial charge is 0.305 e. The molecule has 0 bridgehead atoms. The van der Waals surface area contributed by atoms with Crippen molar-refractivity contribution in [2.75, 3.05) is 6.54 Å². The Morgan fingerprint density at radius 3 is 2.52 bits per heavy atom. The Bertz CT molecular complexity index is 597. The molecule has 21 heavy (non-hydrogen) atoms. The maximum atomic E-state index is 12.7. The number of benzene rings is 1. The largest absolute Gasteiger partial charge is 0.416 e. The molecule has 3 nitrogen and oxygen atoms in total. The van der Waals surface area contributed by atoms with E-state index in [1.165, 1.54) is 6.07 Å². The lowest BCUT2D eigenvalue weighted by Gasteiger charge is -2.20. The highest BCUT2D eigenvalue weighted by molar-refractivity contribution is 5.37. The minimum Gasteiger partial charge on any atom is -0.305 e. The molecule has 6 heteroatoms. The van der Waals surface area contributed by atoms with Gasteiger partial charge >= 0.3 is 6.18 Å². The summed E-state index contributed by atoms with van der Waals surface area (Å²) in [6.45, 7) is 4.27. The van der Waals surface area contributed by atoms with Crippen molar-refractivity contribution in [3.05, 3.63) is 59.2 Å². The van der Waals surface area contributed by atoms with Gasteiger partial charge in [0.05, 0.1) is 23.5 Å². The van der Waals surface area contributed by atoms with Crippen molar-refractivity contribution in [1.29, 1.82) is 0 Å². The number of aromatic nitrogens is 2. The molecule has 2 rings (SSSR count). The van der Waals surface area contributed by atoms with Gasteiger partial charge in [-0.05, 0) is 36.7 Å². The molecule has 1 atom stereocenters. The highest BCUT2D eigenvalue weighted by atomic mass is 19.4. The number of rotatable bonds is 4. The van der Waals surface area contributed by atoms with Crippen LogP contribution in [0, 0.1) is 6.92 Å². The molecular weight excluding hydrogens is 279 g/mol. The number of nitrogens with one attached hydrogen (secondary N) is 1. The number of nitrogens with zero attached hydrogens (tertiary/aromatic N) is 2. The molecule has 112 valence electrons. The van der Waals surface area contributed by atoms with E-state index < -0.39 is 11.7 Å². The van der Waals surface area contributed by atoms with Crippen molar-refractivity contribution in [3.8, 4) is 0 Å². The van der Waals surface area contributed by atoms with Crippen LogP contribution in [0.2, 0.25) is 0 Å². The van der Waals surface area contributed by atoms with Gasteiger partial charge in [0.15, 0.2) is 0 Å². The first-order chi connectivity index (χ1) is 9.93. The zero-order valence-electron chi connectivity index (χ0n) is 11.8. The summed E-state index contributed by atoms with van der Waals surface area (Å²) in [4.78, 5) is 8.26. The van der Waals surface area contributed by atoms with Crippen LogP contribution in [0.4, 0.5) is 13.2 Å². The minimum absolute atomic E-state index is 0.272. The number of halogens is 3. The molecule has 1 heterocycles. The van der Waals surface area contributed by atoms with Crippen LogP contribution in [0.3, 0.4) is 0 Å². The summed E-state index contributed by atoms with van der Waals surface area (Å²) in [5, 5.41) is 3.23. The molecule has 0 radical (unpaired) electrons. The molecular formula is C15H16F3N3. The third-order valence-corrected chi connectivity index (χ3v) is 3.20. The topological polar surface area (TPSA) is 37.8 Å². The fraction of sp³-hybridized carbons (Fsp3) is 0.333. The second kappa shape index (κ2) is 6.22. The number of aryl methyl sites for hydroxylation is 1. The van der Waals surface area contributed by atoms with Gasteiger partial charge in [0.25, 0.3) is 0 Å². The molecule has 0 saturated heterocycles. The van der Waals surface area contributed by atoms with E-state index in [1.54, 1.807) is 25.5 Å². The molecule has 0 amide bonds. The molecule has 0 aliphatic carbocycles. The third-order valence-electron chi connectivity index (χ3n) is 3.20. The van der Waals surface area contributed by atoms with Crippen LogP contribution in [-0.2, 0) is 6.18 Å². The van der Waals surface area contributed by atoms with E-state index in [1.807, 2.05) is 6.92 Å². The van der Waals surface area contributed by atoms with E-state index in [2.05, 4.69) is 15.3 Å². The fourth-order valence-electron chi connectivity index (χ4n) is 2.21. The van der Waals surface area contributed by atoms with Gasteiger partial charge in [-0.15, -0.1) is 0 Å². The minimum atomic E-state index is -4.33. The van der Waals surface area contributed by atoms with E-state index in [0.717, 1.165) is 17.7 Å². The molecule has 2 aromatic rings. The molecule has 0 aliphatic heterocycles. The lowest BCUT2D eigenvalue weighted by Crippen LogP contribution is -2.24. The molecule has 0 aliphatic rings. The van der Waals surface area contributed by atoms with Gasteiger partial charge in [0.1, 0.15) is 0 Å². The first kappa shape index (κ1) is 15.4. The second-order valence-electron chi connectivity index (χ2n) is 4.69. The molecule has 0 spiro atoms. The Kier molecular flexibility index (Phi) is 4.57. The van der Waals surface area contributed by atoms with Crippen molar-refractivity contribution < 1.29 is 13.2 Å². The highest BCUT2D eigenvalue weighted by Gasteiger charge is 2.31. The summed E-state index contributed by atoms with van der Waals surface area (Å²) < 4.78 is 38.2. The second-order valence-corrected chi connectivity index (χ2v) is 4.69. The quantitative estimate of drug-likeness (QED) is 0.938. The van der Waals surface area contributed by atoms with E-state index >= 15 is 0 Å². The summed E-state index contributed by atoms with van der Waals surface area (Å²) in [6, 6.07) is 3.49. The van der Waals surface area contributed by atoms with Gasteiger partial charge in [-0.3, -0.25) is 9.97 Å². The Hall–Kier alpha value is -1.95. The van der Waals surface area contributed by atoms with Crippen molar-refractivity contribution in [2.45, 2.75) is 26.1 Å². The van der Waals surface area contributed by atoms with Gasteiger partial charge in [-0.25, -0.2) is 0 Å². The van der Waals surface area contributed by atoms with Gasteiger partial charge in [-0.1, -0.05) is 13.0 Å². The number of alkyl halides is 3. The Balaban J connectivity index is 2.42. The SMILES string of the molecule is CCNC(c1cnccn1)c1ccc(C(F)(F)F)cc1C. The van der Waals surface area contributed by atoms with Gasteiger partial charge in [0, 0.05) is 12.4 Å². The van der Waals surface area contributed by atoms with Gasteiger partial charge in [0.2, 0.25) is 0 Å². The Labute approximate surface area is 121 Å². The summed E-state index contributed by atoms with van der Waals surface area (Å²) >= 11 is 0. The Morgan fingerprint density at radius 1 is 1.24 bits per heavy atom. The van der Waals surface area contributed by atoms with Crippen molar-refractivity contribution in [3.63, 3.8) is 0 Å². The molecule has 1 aromatic heterocycles. The van der Waals surface area contributed by atoms with Crippen LogP contribution in [0.15, 0.2) is 36.8 Å². The monoisotopic (exact) mass is 295 g/mol. The number of hydrogen-bond donors (Lipinski definition) is 1. The predicted octanol–water partition coefficient (Wildman–Crippen LogP) is 3.50. The summed E-state index contributed by atoms with van der Waals surface area (Å²) in [5.74, 6) is 0. The molecule has 0 saturated carbocycles. The highest BCUT2D eigenvalue weighted by Crippen LogP contribution is 2.32. The molecule has 0 fully saturated rings. The zero-order valence-corrected chi connectivity index (χ0v) is 11.8. The van der Waals surface area contributed by atoms with Crippen molar-refractivity contribution in [1.82, 2.24) is 15.3 Å². The van der Waals surface area contributed by atoms with Crippen molar-refractivity contribution >= 4 is 0 Å². The number of hydrogen-bond acceptors (Lipinski definition) is 3. The van der Waals surface area contributed by atoms with E-state index in [-0.39, 0.29) is 6.04 Å². The first-order valence-corrected chi connectivity index (χ1v) is 6.60. The van der Waals surface area contributed by atoms with Crippen LogP contribution >= 0.6 is 0 Å². The van der Waals surface area contributed by atoms with Gasteiger partial charge in [-0.2, -0.15) is 13.2 Å².